The van der Waals surface area contributed by atoms with Gasteiger partial charge in [0.05, 0.1) is 0 Å². The van der Waals surface area contributed by atoms with Gasteiger partial charge in [0.2, 0.25) is 0 Å². The number of benzene rings is 2. The number of amides is 1. The highest BCUT2D eigenvalue weighted by Gasteiger charge is 2.36. The van der Waals surface area contributed by atoms with Crippen molar-refractivity contribution in [3.05, 3.63) is 54.6 Å². The number of carboxylic acid groups (broad SMARTS) is 1. The summed E-state index contributed by atoms with van der Waals surface area (Å²) in [6.45, 7) is 0. The number of nitrogens with zero attached hydrogens (tertiary/aromatic N) is 1. The predicted molar refractivity (Wildman–Crippen MR) is 91.9 cm³/mol. The second-order valence-electron chi connectivity index (χ2n) is 5.84. The molecule has 6 nitrogen and oxygen atoms in total. The fraction of sp³-hybridized carbons (Fsp3) is 0.263. The minimum atomic E-state index is -1.03. The smallest absolute Gasteiger partial charge is 0.332 e. The summed E-state index contributed by atoms with van der Waals surface area (Å²) in [7, 11) is 1.65. The van der Waals surface area contributed by atoms with Gasteiger partial charge in [-0.05, 0) is 49.2 Å². The van der Waals surface area contributed by atoms with Crippen LogP contribution in [-0.2, 0) is 14.3 Å². The minimum Gasteiger partial charge on any atom is -0.479 e. The van der Waals surface area contributed by atoms with Gasteiger partial charge in [-0.1, -0.05) is 18.2 Å². The van der Waals surface area contributed by atoms with Crippen LogP contribution in [0, 0.1) is 0 Å². The first kappa shape index (κ1) is 17.0. The molecule has 2 atom stereocenters. The summed E-state index contributed by atoms with van der Waals surface area (Å²) >= 11 is 0. The Morgan fingerprint density at radius 3 is 2.20 bits per heavy atom. The maximum absolute atomic E-state index is 12.5. The fourth-order valence-electron chi connectivity index (χ4n) is 2.71. The van der Waals surface area contributed by atoms with Gasteiger partial charge >= 0.3 is 5.97 Å². The molecule has 0 aliphatic carbocycles. The van der Waals surface area contributed by atoms with E-state index in [0.717, 1.165) is 5.75 Å². The van der Waals surface area contributed by atoms with E-state index in [4.69, 9.17) is 14.6 Å². The number of carbonyl (C=O) groups is 2. The number of carboxylic acids is 1. The van der Waals surface area contributed by atoms with Crippen LogP contribution in [0.25, 0.3) is 0 Å². The molecule has 1 heterocycles. The average Bonchev–Trinajstić information content (AvgIpc) is 3.12. The topological polar surface area (TPSA) is 76.1 Å². The number of hydrogen-bond donors (Lipinski definition) is 1. The average molecular weight is 341 g/mol. The molecule has 2 aromatic carbocycles. The van der Waals surface area contributed by atoms with Gasteiger partial charge in [-0.3, -0.25) is 4.79 Å². The Hall–Kier alpha value is -2.86. The van der Waals surface area contributed by atoms with Gasteiger partial charge in [0.15, 0.2) is 6.10 Å². The van der Waals surface area contributed by atoms with Crippen molar-refractivity contribution in [2.45, 2.75) is 25.0 Å². The van der Waals surface area contributed by atoms with Crippen LogP contribution in [0.4, 0.5) is 5.69 Å². The highest BCUT2D eigenvalue weighted by molar-refractivity contribution is 5.96. The molecule has 0 aromatic heterocycles. The lowest BCUT2D eigenvalue weighted by molar-refractivity contribution is -0.151. The predicted octanol–water partition coefficient (Wildman–Crippen LogP) is 3.07. The minimum absolute atomic E-state index is 0.250. The Bertz CT molecular complexity index is 744. The number of aliphatic carboxylic acids is 1. The summed E-state index contributed by atoms with van der Waals surface area (Å²) in [5, 5.41) is 8.96. The van der Waals surface area contributed by atoms with Crippen molar-refractivity contribution in [2.75, 3.05) is 11.9 Å². The number of likely N-dealkylation sites (N-methyl/N-ethyl adjacent to an activating group) is 1. The second-order valence-corrected chi connectivity index (χ2v) is 5.84. The van der Waals surface area contributed by atoms with Crippen molar-refractivity contribution in [3.8, 4) is 11.5 Å². The highest BCUT2D eigenvalue weighted by Crippen LogP contribution is 2.26. The number of rotatable bonds is 5. The van der Waals surface area contributed by atoms with E-state index in [9.17, 15) is 9.59 Å². The Labute approximate surface area is 145 Å². The molecule has 130 valence electrons. The standard InChI is InChI=1S/C19H19NO5/c1-20(18(21)16-11-12-17(25-16)19(22)23)13-7-9-15(10-8-13)24-14-5-3-2-4-6-14/h2-10,16-17H,11-12H2,1H3,(H,22,23)/t16-,17+/m0/s1. The number of ether oxygens (including phenoxy) is 2. The van der Waals surface area contributed by atoms with E-state index in [-0.39, 0.29) is 5.91 Å². The van der Waals surface area contributed by atoms with Gasteiger partial charge < -0.3 is 19.5 Å². The van der Waals surface area contributed by atoms with E-state index in [0.29, 0.717) is 24.3 Å². The molecule has 6 heteroatoms. The van der Waals surface area contributed by atoms with E-state index >= 15 is 0 Å². The summed E-state index contributed by atoms with van der Waals surface area (Å²) in [5.74, 6) is 0.124. The van der Waals surface area contributed by atoms with Crippen LogP contribution in [0.3, 0.4) is 0 Å². The number of hydrogen-bond acceptors (Lipinski definition) is 4. The summed E-state index contributed by atoms with van der Waals surface area (Å²) in [6, 6.07) is 16.5. The number of anilines is 1. The molecule has 1 fully saturated rings. The molecule has 3 rings (SSSR count). The van der Waals surface area contributed by atoms with E-state index in [1.165, 1.54) is 4.90 Å². The van der Waals surface area contributed by atoms with Crippen LogP contribution in [0.5, 0.6) is 11.5 Å². The summed E-state index contributed by atoms with van der Waals surface area (Å²) in [4.78, 5) is 24.9. The van der Waals surface area contributed by atoms with Crippen LogP contribution < -0.4 is 9.64 Å². The van der Waals surface area contributed by atoms with Crippen LogP contribution >= 0.6 is 0 Å². The van der Waals surface area contributed by atoms with Crippen LogP contribution in [0.15, 0.2) is 54.6 Å². The quantitative estimate of drug-likeness (QED) is 0.904. The molecule has 1 N–H and O–H groups in total. The number of para-hydroxylation sites is 1. The molecule has 2 aromatic rings. The van der Waals surface area contributed by atoms with Crippen molar-refractivity contribution < 1.29 is 24.2 Å². The first-order chi connectivity index (χ1) is 12.0. The van der Waals surface area contributed by atoms with Gasteiger partial charge in [0.1, 0.15) is 17.6 Å². The molecule has 0 bridgehead atoms. The van der Waals surface area contributed by atoms with Gasteiger partial charge in [0, 0.05) is 12.7 Å². The monoisotopic (exact) mass is 341 g/mol. The highest BCUT2D eigenvalue weighted by atomic mass is 16.5. The molecular formula is C19H19NO5. The van der Waals surface area contributed by atoms with Crippen LogP contribution in [0.2, 0.25) is 0 Å². The normalized spacial score (nSPS) is 19.4. The van der Waals surface area contributed by atoms with Gasteiger partial charge in [-0.15, -0.1) is 0 Å². The molecular weight excluding hydrogens is 322 g/mol. The van der Waals surface area contributed by atoms with Crippen LogP contribution in [0.1, 0.15) is 12.8 Å². The zero-order valence-electron chi connectivity index (χ0n) is 13.8. The first-order valence-electron chi connectivity index (χ1n) is 8.03. The van der Waals surface area contributed by atoms with Crippen molar-refractivity contribution in [3.63, 3.8) is 0 Å². The molecule has 0 unspecified atom stereocenters. The second kappa shape index (κ2) is 7.36. The Morgan fingerprint density at radius 1 is 1.00 bits per heavy atom. The van der Waals surface area contributed by atoms with Crippen molar-refractivity contribution in [2.24, 2.45) is 0 Å². The third-order valence-electron chi connectivity index (χ3n) is 4.10. The van der Waals surface area contributed by atoms with Crippen LogP contribution in [-0.4, -0.2) is 36.2 Å². The maximum Gasteiger partial charge on any atom is 0.332 e. The van der Waals surface area contributed by atoms with Gasteiger partial charge in [-0.25, -0.2) is 4.79 Å². The third kappa shape index (κ3) is 3.97. The summed E-state index contributed by atoms with van der Waals surface area (Å²) in [5.41, 5.74) is 0.688. The third-order valence-corrected chi connectivity index (χ3v) is 4.10. The Morgan fingerprint density at radius 2 is 1.60 bits per heavy atom. The van der Waals surface area contributed by atoms with Crippen molar-refractivity contribution in [1.29, 1.82) is 0 Å². The van der Waals surface area contributed by atoms with E-state index in [1.807, 2.05) is 30.3 Å². The van der Waals surface area contributed by atoms with Crippen molar-refractivity contribution in [1.82, 2.24) is 0 Å². The zero-order valence-corrected chi connectivity index (χ0v) is 13.8. The fourth-order valence-corrected chi connectivity index (χ4v) is 2.71. The molecule has 1 aliphatic rings. The molecule has 0 radical (unpaired) electrons. The summed E-state index contributed by atoms with van der Waals surface area (Å²) in [6.07, 6.45) is -0.853. The van der Waals surface area contributed by atoms with Crippen molar-refractivity contribution >= 4 is 17.6 Å². The molecule has 0 saturated carbocycles. The largest absolute Gasteiger partial charge is 0.479 e. The zero-order chi connectivity index (χ0) is 17.8. The van der Waals surface area contributed by atoms with Gasteiger partial charge in [-0.2, -0.15) is 0 Å². The first-order valence-corrected chi connectivity index (χ1v) is 8.03. The van der Waals surface area contributed by atoms with Gasteiger partial charge in [0.25, 0.3) is 5.91 Å². The molecule has 1 amide bonds. The lowest BCUT2D eigenvalue weighted by Gasteiger charge is -2.21. The summed E-state index contributed by atoms with van der Waals surface area (Å²) < 4.78 is 11.0. The molecule has 1 aliphatic heterocycles. The molecule has 25 heavy (non-hydrogen) atoms. The lowest BCUT2D eigenvalue weighted by atomic mass is 10.1. The van der Waals surface area contributed by atoms with E-state index < -0.39 is 18.2 Å². The SMILES string of the molecule is CN(C(=O)[C@@H]1CC[C@H](C(=O)O)O1)c1ccc(Oc2ccccc2)cc1. The molecule has 0 spiro atoms. The van der Waals surface area contributed by atoms with E-state index in [1.54, 1.807) is 31.3 Å². The Kier molecular flexibility index (Phi) is 5.00. The Balaban J connectivity index is 1.63. The molecule has 1 saturated heterocycles. The van der Waals surface area contributed by atoms with E-state index in [2.05, 4.69) is 0 Å². The maximum atomic E-state index is 12.5. The lowest BCUT2D eigenvalue weighted by Crippen LogP contribution is -2.37. The number of carbonyl (C=O) groups excluding carboxylic acids is 1.